The van der Waals surface area contributed by atoms with E-state index in [1.54, 1.807) is 0 Å². The third kappa shape index (κ3) is 2.38. The zero-order chi connectivity index (χ0) is 11.5. The molecule has 2 heteroatoms. The van der Waals surface area contributed by atoms with Crippen molar-refractivity contribution in [1.29, 1.82) is 0 Å². The van der Waals surface area contributed by atoms with Crippen LogP contribution in [0.15, 0.2) is 24.3 Å². The van der Waals surface area contributed by atoms with Gasteiger partial charge in [-0.25, -0.2) is 0 Å². The third-order valence-electron chi connectivity index (χ3n) is 3.22. The van der Waals surface area contributed by atoms with Crippen molar-refractivity contribution in [2.45, 2.75) is 38.8 Å². The maximum absolute atomic E-state index is 6.00. The van der Waals surface area contributed by atoms with Gasteiger partial charge in [-0.05, 0) is 31.0 Å². The van der Waals surface area contributed by atoms with Gasteiger partial charge in [0.2, 0.25) is 0 Å². The molecule has 0 amide bonds. The van der Waals surface area contributed by atoms with Gasteiger partial charge in [0, 0.05) is 12.5 Å². The van der Waals surface area contributed by atoms with Crippen LogP contribution in [0.1, 0.15) is 25.8 Å². The highest BCUT2D eigenvalue weighted by Gasteiger charge is 2.29. The summed E-state index contributed by atoms with van der Waals surface area (Å²) in [6.07, 6.45) is 2.49. The van der Waals surface area contributed by atoms with Crippen LogP contribution in [0.25, 0.3) is 0 Å². The van der Waals surface area contributed by atoms with Gasteiger partial charge < -0.3 is 10.1 Å². The van der Waals surface area contributed by atoms with Crippen molar-refractivity contribution in [3.8, 4) is 5.75 Å². The summed E-state index contributed by atoms with van der Waals surface area (Å²) in [6, 6.07) is 8.81. The van der Waals surface area contributed by atoms with Gasteiger partial charge in [-0.2, -0.15) is 0 Å². The average molecular weight is 219 g/mol. The molecule has 0 radical (unpaired) electrons. The Morgan fingerprint density at radius 1 is 1.38 bits per heavy atom. The monoisotopic (exact) mass is 219 g/mol. The summed E-state index contributed by atoms with van der Waals surface area (Å²) in [7, 11) is 2.03. The van der Waals surface area contributed by atoms with Gasteiger partial charge in [0.15, 0.2) is 0 Å². The smallest absolute Gasteiger partial charge is 0.123 e. The van der Waals surface area contributed by atoms with Crippen LogP contribution < -0.4 is 10.1 Å². The third-order valence-corrected chi connectivity index (χ3v) is 3.22. The van der Waals surface area contributed by atoms with E-state index < -0.39 is 0 Å². The number of benzene rings is 1. The van der Waals surface area contributed by atoms with E-state index in [4.69, 9.17) is 4.74 Å². The average Bonchev–Trinajstić information content (AvgIpc) is 2.68. The lowest BCUT2D eigenvalue weighted by atomic mass is 9.96. The quantitative estimate of drug-likeness (QED) is 0.840. The lowest BCUT2D eigenvalue weighted by molar-refractivity contribution is 0.168. The lowest BCUT2D eigenvalue weighted by Gasteiger charge is -2.24. The molecule has 0 aliphatic carbocycles. The van der Waals surface area contributed by atoms with Crippen LogP contribution in [0.3, 0.4) is 0 Å². The van der Waals surface area contributed by atoms with E-state index in [2.05, 4.69) is 37.4 Å². The predicted molar refractivity (Wildman–Crippen MR) is 66.9 cm³/mol. The molecule has 1 aromatic carbocycles. The van der Waals surface area contributed by atoms with Gasteiger partial charge in [-0.3, -0.25) is 0 Å². The van der Waals surface area contributed by atoms with Crippen molar-refractivity contribution in [2.75, 3.05) is 7.05 Å². The Balaban J connectivity index is 2.04. The minimum absolute atomic E-state index is 0.296. The molecular formula is C14H21NO. The van der Waals surface area contributed by atoms with Crippen LogP contribution in [0, 0.1) is 5.92 Å². The molecule has 1 N–H and O–H groups in total. The zero-order valence-corrected chi connectivity index (χ0v) is 10.4. The van der Waals surface area contributed by atoms with E-state index in [1.165, 1.54) is 5.56 Å². The number of fused-ring (bicyclic) bond motifs is 1. The summed E-state index contributed by atoms with van der Waals surface area (Å²) in [6.45, 7) is 4.51. The molecule has 2 atom stereocenters. The maximum Gasteiger partial charge on any atom is 0.123 e. The molecule has 2 rings (SSSR count). The molecule has 0 bridgehead atoms. The second kappa shape index (κ2) is 4.88. The molecule has 16 heavy (non-hydrogen) atoms. The molecule has 2 nitrogen and oxygen atoms in total. The summed E-state index contributed by atoms with van der Waals surface area (Å²) in [5, 5.41) is 3.39. The molecule has 88 valence electrons. The topological polar surface area (TPSA) is 21.3 Å². The predicted octanol–water partition coefficient (Wildman–Crippen LogP) is 2.62. The Kier molecular flexibility index (Phi) is 3.49. The molecule has 1 aromatic rings. The Bertz CT molecular complexity index is 323. The minimum atomic E-state index is 0.296. The Morgan fingerprint density at radius 2 is 2.12 bits per heavy atom. The second-order valence-corrected chi connectivity index (χ2v) is 4.99. The van der Waals surface area contributed by atoms with E-state index in [0.717, 1.165) is 18.6 Å². The standard InChI is InChI=1S/C14H21NO/c1-10(2)8-12(15-3)14-9-11-6-4-5-7-13(11)16-14/h4-7,10,12,14-15H,8-9H2,1-3H3. The lowest BCUT2D eigenvalue weighted by Crippen LogP contribution is -2.41. The molecule has 1 aliphatic heterocycles. The summed E-state index contributed by atoms with van der Waals surface area (Å²) in [5.41, 5.74) is 1.34. The Hall–Kier alpha value is -1.02. The highest BCUT2D eigenvalue weighted by Crippen LogP contribution is 2.30. The molecule has 0 saturated heterocycles. The van der Waals surface area contributed by atoms with Crippen LogP contribution in [-0.2, 0) is 6.42 Å². The number of ether oxygens (including phenoxy) is 1. The van der Waals surface area contributed by atoms with Crippen molar-refractivity contribution in [2.24, 2.45) is 5.92 Å². The zero-order valence-electron chi connectivity index (χ0n) is 10.4. The van der Waals surface area contributed by atoms with E-state index in [9.17, 15) is 0 Å². The van der Waals surface area contributed by atoms with E-state index in [1.807, 2.05) is 13.1 Å². The molecule has 1 aliphatic rings. The summed E-state index contributed by atoms with van der Waals surface area (Å²) in [4.78, 5) is 0. The Morgan fingerprint density at radius 3 is 2.75 bits per heavy atom. The fourth-order valence-corrected chi connectivity index (χ4v) is 2.40. The Labute approximate surface area is 98.0 Å². The van der Waals surface area contributed by atoms with Crippen molar-refractivity contribution in [1.82, 2.24) is 5.32 Å². The van der Waals surface area contributed by atoms with Crippen LogP contribution in [0.2, 0.25) is 0 Å². The number of nitrogens with one attached hydrogen (secondary N) is 1. The SMILES string of the molecule is CNC(CC(C)C)C1Cc2ccccc2O1. The van der Waals surface area contributed by atoms with Gasteiger partial charge in [0.1, 0.15) is 11.9 Å². The van der Waals surface area contributed by atoms with Gasteiger partial charge in [0.05, 0.1) is 0 Å². The number of hydrogen-bond acceptors (Lipinski definition) is 2. The van der Waals surface area contributed by atoms with Crippen LogP contribution >= 0.6 is 0 Å². The van der Waals surface area contributed by atoms with Crippen LogP contribution in [0.5, 0.6) is 5.75 Å². The van der Waals surface area contributed by atoms with E-state index in [0.29, 0.717) is 18.1 Å². The number of hydrogen-bond donors (Lipinski definition) is 1. The first-order chi connectivity index (χ1) is 7.70. The summed E-state index contributed by atoms with van der Waals surface area (Å²) < 4.78 is 6.00. The summed E-state index contributed by atoms with van der Waals surface area (Å²) >= 11 is 0. The van der Waals surface area contributed by atoms with E-state index >= 15 is 0 Å². The molecule has 0 aromatic heterocycles. The van der Waals surface area contributed by atoms with Gasteiger partial charge in [-0.1, -0.05) is 32.0 Å². The fraction of sp³-hybridized carbons (Fsp3) is 0.571. The highest BCUT2D eigenvalue weighted by molar-refractivity contribution is 5.37. The van der Waals surface area contributed by atoms with Gasteiger partial charge in [-0.15, -0.1) is 0 Å². The fourth-order valence-electron chi connectivity index (χ4n) is 2.40. The normalized spacial score (nSPS) is 20.6. The first-order valence-electron chi connectivity index (χ1n) is 6.12. The van der Waals surface area contributed by atoms with Crippen molar-refractivity contribution in [3.05, 3.63) is 29.8 Å². The van der Waals surface area contributed by atoms with Crippen LogP contribution in [0.4, 0.5) is 0 Å². The maximum atomic E-state index is 6.00. The second-order valence-electron chi connectivity index (χ2n) is 4.99. The summed E-state index contributed by atoms with van der Waals surface area (Å²) in [5.74, 6) is 1.77. The van der Waals surface area contributed by atoms with Gasteiger partial charge in [0.25, 0.3) is 0 Å². The highest BCUT2D eigenvalue weighted by atomic mass is 16.5. The number of para-hydroxylation sites is 1. The molecular weight excluding hydrogens is 198 g/mol. The minimum Gasteiger partial charge on any atom is -0.488 e. The van der Waals surface area contributed by atoms with Crippen LogP contribution in [-0.4, -0.2) is 19.2 Å². The van der Waals surface area contributed by atoms with Crippen molar-refractivity contribution >= 4 is 0 Å². The molecule has 0 spiro atoms. The molecule has 2 unspecified atom stereocenters. The first-order valence-corrected chi connectivity index (χ1v) is 6.12. The first kappa shape index (κ1) is 11.5. The molecule has 1 heterocycles. The van der Waals surface area contributed by atoms with Crippen molar-refractivity contribution < 1.29 is 4.74 Å². The van der Waals surface area contributed by atoms with E-state index in [-0.39, 0.29) is 0 Å². The molecule has 0 saturated carbocycles. The van der Waals surface area contributed by atoms with Gasteiger partial charge >= 0.3 is 0 Å². The largest absolute Gasteiger partial charge is 0.488 e. The number of rotatable bonds is 4. The van der Waals surface area contributed by atoms with Crippen molar-refractivity contribution in [3.63, 3.8) is 0 Å². The number of likely N-dealkylation sites (N-methyl/N-ethyl adjacent to an activating group) is 1. The molecule has 0 fully saturated rings.